The van der Waals surface area contributed by atoms with E-state index in [4.69, 9.17) is 11.6 Å². The van der Waals surface area contributed by atoms with Crippen LogP contribution in [-0.4, -0.2) is 37.1 Å². The Kier molecular flexibility index (Phi) is 4.43. The van der Waals surface area contributed by atoms with Gasteiger partial charge in [-0.05, 0) is 31.5 Å². The Morgan fingerprint density at radius 1 is 1.38 bits per heavy atom. The number of aliphatic hydroxyl groups is 1. The van der Waals surface area contributed by atoms with Crippen LogP contribution < -0.4 is 15.4 Å². The quantitative estimate of drug-likeness (QED) is 0.629. The van der Waals surface area contributed by atoms with Gasteiger partial charge in [0.05, 0.1) is 0 Å². The van der Waals surface area contributed by atoms with Crippen LogP contribution in [0.1, 0.15) is 12.5 Å². The van der Waals surface area contributed by atoms with Gasteiger partial charge in [0.25, 0.3) is 0 Å². The lowest BCUT2D eigenvalue weighted by Crippen LogP contribution is -2.65. The fourth-order valence-electron chi connectivity index (χ4n) is 2.12. The topological polar surface area (TPSA) is 108 Å². The van der Waals surface area contributed by atoms with Crippen molar-refractivity contribution in [2.24, 2.45) is 0 Å². The van der Waals surface area contributed by atoms with Crippen LogP contribution in [0.4, 0.5) is 5.69 Å². The first-order valence-electron chi connectivity index (χ1n) is 6.23. The third-order valence-electron chi connectivity index (χ3n) is 3.18. The van der Waals surface area contributed by atoms with Crippen molar-refractivity contribution in [2.75, 3.05) is 4.72 Å². The molecule has 0 aromatic heterocycles. The number of amides is 1. The molecule has 7 nitrogen and oxygen atoms in total. The van der Waals surface area contributed by atoms with Gasteiger partial charge in [-0.1, -0.05) is 17.7 Å². The van der Waals surface area contributed by atoms with Gasteiger partial charge < -0.3 is 10.4 Å². The van der Waals surface area contributed by atoms with Gasteiger partial charge in [0.15, 0.2) is 11.6 Å². The number of carbonyl (C=O) groups is 1. The summed E-state index contributed by atoms with van der Waals surface area (Å²) in [4.78, 5) is 11.8. The van der Waals surface area contributed by atoms with E-state index in [0.29, 0.717) is 5.02 Å². The molecule has 1 aliphatic heterocycles. The van der Waals surface area contributed by atoms with E-state index in [1.54, 1.807) is 19.1 Å². The maximum absolute atomic E-state index is 12.3. The van der Waals surface area contributed by atoms with Gasteiger partial charge >= 0.3 is 0 Å². The minimum atomic E-state index is -3.98. The van der Waals surface area contributed by atoms with Crippen LogP contribution >= 0.6 is 11.6 Å². The maximum atomic E-state index is 12.3. The third kappa shape index (κ3) is 3.46. The minimum absolute atomic E-state index is 0.275. The summed E-state index contributed by atoms with van der Waals surface area (Å²) in [6.45, 7) is 3.30. The number of aliphatic hydroxyl groups excluding tert-OH is 1. The molecule has 0 saturated carbocycles. The molecule has 116 valence electrons. The van der Waals surface area contributed by atoms with E-state index in [9.17, 15) is 18.3 Å². The molecular weight excluding hydrogens is 318 g/mol. The number of hydrogen-bond acceptors (Lipinski definition) is 5. The van der Waals surface area contributed by atoms with E-state index in [1.165, 1.54) is 13.0 Å². The first kappa shape index (κ1) is 16.0. The van der Waals surface area contributed by atoms with E-state index >= 15 is 0 Å². The number of aryl methyl sites for hydroxylation is 1. The molecule has 1 heterocycles. The average Bonchev–Trinajstić information content (AvgIpc) is 2.31. The third-order valence-corrected chi connectivity index (χ3v) is 5.40. The zero-order valence-electron chi connectivity index (χ0n) is 11.4. The standard InChI is InChI=1S/C12H16ClN3O4S/c1-6-3-4-8(5-9(6)13)16-21(19,20)10-7(2)14-12(18)15-11(10)17/h3-5,7,10,12,14,16,18H,1-2H3,(H,15,17). The number of anilines is 1. The fourth-order valence-corrected chi connectivity index (χ4v) is 3.84. The van der Waals surface area contributed by atoms with Gasteiger partial charge in [-0.2, -0.15) is 0 Å². The van der Waals surface area contributed by atoms with Crippen molar-refractivity contribution in [1.29, 1.82) is 0 Å². The van der Waals surface area contributed by atoms with Crippen molar-refractivity contribution in [3.63, 3.8) is 0 Å². The van der Waals surface area contributed by atoms with Crippen LogP contribution in [0.25, 0.3) is 0 Å². The molecular formula is C12H16ClN3O4S. The van der Waals surface area contributed by atoms with Crippen LogP contribution in [0.5, 0.6) is 0 Å². The Labute approximate surface area is 127 Å². The summed E-state index contributed by atoms with van der Waals surface area (Å²) < 4.78 is 27.0. The Bertz CT molecular complexity index is 664. The van der Waals surface area contributed by atoms with Gasteiger partial charge in [0.2, 0.25) is 15.9 Å². The summed E-state index contributed by atoms with van der Waals surface area (Å²) in [6, 6.07) is 3.97. The smallest absolute Gasteiger partial charge is 0.246 e. The van der Waals surface area contributed by atoms with E-state index in [0.717, 1.165) is 5.56 Å². The highest BCUT2D eigenvalue weighted by molar-refractivity contribution is 7.94. The van der Waals surface area contributed by atoms with E-state index in [1.807, 2.05) is 0 Å². The van der Waals surface area contributed by atoms with Gasteiger partial charge in [-0.3, -0.25) is 14.8 Å². The zero-order valence-corrected chi connectivity index (χ0v) is 13.0. The van der Waals surface area contributed by atoms with Crippen LogP contribution in [0, 0.1) is 6.92 Å². The highest BCUT2D eigenvalue weighted by Crippen LogP contribution is 2.22. The Balaban J connectivity index is 2.25. The lowest BCUT2D eigenvalue weighted by atomic mass is 10.2. The molecule has 1 aromatic rings. The monoisotopic (exact) mass is 333 g/mol. The Morgan fingerprint density at radius 2 is 2.05 bits per heavy atom. The normalized spacial score (nSPS) is 26.3. The summed E-state index contributed by atoms with van der Waals surface area (Å²) in [5, 5.41) is 13.1. The molecule has 0 bridgehead atoms. The van der Waals surface area contributed by atoms with Crippen molar-refractivity contribution in [3.05, 3.63) is 28.8 Å². The van der Waals surface area contributed by atoms with Gasteiger partial charge in [-0.15, -0.1) is 0 Å². The maximum Gasteiger partial charge on any atom is 0.246 e. The second-order valence-electron chi connectivity index (χ2n) is 4.90. The van der Waals surface area contributed by atoms with Crippen LogP contribution in [0.3, 0.4) is 0 Å². The molecule has 0 spiro atoms. The summed E-state index contributed by atoms with van der Waals surface area (Å²) >= 11 is 5.95. The van der Waals surface area contributed by atoms with Crippen LogP contribution in [-0.2, 0) is 14.8 Å². The minimum Gasteiger partial charge on any atom is -0.361 e. The van der Waals surface area contributed by atoms with Crippen molar-refractivity contribution < 1.29 is 18.3 Å². The Hall–Kier alpha value is -1.35. The average molecular weight is 334 g/mol. The highest BCUT2D eigenvalue weighted by Gasteiger charge is 2.42. The molecule has 0 radical (unpaired) electrons. The lowest BCUT2D eigenvalue weighted by molar-refractivity contribution is -0.127. The second kappa shape index (κ2) is 5.80. The molecule has 1 aliphatic rings. The molecule has 3 unspecified atom stereocenters. The molecule has 21 heavy (non-hydrogen) atoms. The SMILES string of the molecule is Cc1ccc(NS(=O)(=O)C2C(=O)NC(O)NC2C)cc1Cl. The molecule has 9 heteroatoms. The molecule has 4 N–H and O–H groups in total. The van der Waals surface area contributed by atoms with Gasteiger partial charge in [-0.25, -0.2) is 8.42 Å². The zero-order chi connectivity index (χ0) is 15.8. The second-order valence-corrected chi connectivity index (χ2v) is 7.11. The van der Waals surface area contributed by atoms with E-state index in [2.05, 4.69) is 15.4 Å². The fraction of sp³-hybridized carbons (Fsp3) is 0.417. The molecule has 3 atom stereocenters. The first-order chi connectivity index (χ1) is 9.70. The van der Waals surface area contributed by atoms with Crippen LogP contribution in [0.2, 0.25) is 5.02 Å². The van der Waals surface area contributed by atoms with Gasteiger partial charge in [0, 0.05) is 16.8 Å². The predicted octanol–water partition coefficient (Wildman–Crippen LogP) is 0.143. The predicted molar refractivity (Wildman–Crippen MR) is 79.3 cm³/mol. The number of sulfonamides is 1. The molecule has 1 saturated heterocycles. The number of hydrogen-bond donors (Lipinski definition) is 4. The van der Waals surface area contributed by atoms with Crippen molar-refractivity contribution in [3.8, 4) is 0 Å². The molecule has 2 rings (SSSR count). The molecule has 1 fully saturated rings. The Morgan fingerprint density at radius 3 is 2.62 bits per heavy atom. The van der Waals surface area contributed by atoms with Crippen molar-refractivity contribution in [1.82, 2.24) is 10.6 Å². The lowest BCUT2D eigenvalue weighted by Gasteiger charge is -2.32. The number of rotatable bonds is 3. The highest BCUT2D eigenvalue weighted by atomic mass is 35.5. The molecule has 1 aromatic carbocycles. The largest absolute Gasteiger partial charge is 0.361 e. The summed E-state index contributed by atoms with van der Waals surface area (Å²) in [5.41, 5.74) is 1.09. The van der Waals surface area contributed by atoms with Crippen molar-refractivity contribution in [2.45, 2.75) is 31.5 Å². The first-order valence-corrected chi connectivity index (χ1v) is 8.15. The summed E-state index contributed by atoms with van der Waals surface area (Å²) in [7, 11) is -3.98. The van der Waals surface area contributed by atoms with Crippen molar-refractivity contribution >= 4 is 33.2 Å². The van der Waals surface area contributed by atoms with E-state index < -0.39 is 33.6 Å². The van der Waals surface area contributed by atoms with Gasteiger partial charge in [0.1, 0.15) is 0 Å². The summed E-state index contributed by atoms with van der Waals surface area (Å²) in [6.07, 6.45) is -1.26. The van der Waals surface area contributed by atoms with E-state index in [-0.39, 0.29) is 5.69 Å². The number of halogens is 1. The number of nitrogens with one attached hydrogen (secondary N) is 3. The number of benzene rings is 1. The number of carbonyl (C=O) groups excluding carboxylic acids is 1. The molecule has 0 aliphatic carbocycles. The molecule has 1 amide bonds. The summed E-state index contributed by atoms with van der Waals surface area (Å²) in [5.74, 6) is -0.764. The van der Waals surface area contributed by atoms with Crippen LogP contribution in [0.15, 0.2) is 18.2 Å².